The zero-order chi connectivity index (χ0) is 14.5. The van der Waals surface area contributed by atoms with Gasteiger partial charge in [0.15, 0.2) is 0 Å². The predicted molar refractivity (Wildman–Crippen MR) is 80.5 cm³/mol. The third kappa shape index (κ3) is 1.88. The molecule has 1 fully saturated rings. The van der Waals surface area contributed by atoms with Crippen molar-refractivity contribution in [1.82, 2.24) is 4.90 Å². The van der Waals surface area contributed by atoms with Gasteiger partial charge in [-0.1, -0.05) is 6.07 Å². The van der Waals surface area contributed by atoms with Crippen molar-refractivity contribution in [1.29, 1.82) is 0 Å². The summed E-state index contributed by atoms with van der Waals surface area (Å²) in [5.74, 6) is -0.443. The highest BCUT2D eigenvalue weighted by Crippen LogP contribution is 2.38. The van der Waals surface area contributed by atoms with Crippen molar-refractivity contribution in [2.75, 3.05) is 12.3 Å². The summed E-state index contributed by atoms with van der Waals surface area (Å²) < 4.78 is 14.6. The number of benzene rings is 1. The molecule has 0 spiro atoms. The lowest BCUT2D eigenvalue weighted by atomic mass is 10.0. The number of likely N-dealkylation sites (tertiary alicyclic amines) is 1. The Balaban J connectivity index is 2.09. The Morgan fingerprint density at radius 3 is 2.80 bits per heavy atom. The van der Waals surface area contributed by atoms with Crippen LogP contribution in [0.2, 0.25) is 0 Å². The van der Waals surface area contributed by atoms with E-state index in [0.29, 0.717) is 10.3 Å². The summed E-state index contributed by atoms with van der Waals surface area (Å²) in [6.07, 6.45) is 1.98. The number of nitrogens with two attached hydrogens (primary N) is 1. The number of carbonyl (C=O) groups excluding carboxylic acids is 1. The van der Waals surface area contributed by atoms with Gasteiger partial charge >= 0.3 is 0 Å². The summed E-state index contributed by atoms with van der Waals surface area (Å²) in [4.78, 5) is 15.0. The van der Waals surface area contributed by atoms with E-state index < -0.39 is 0 Å². The van der Waals surface area contributed by atoms with Gasteiger partial charge in [-0.25, -0.2) is 4.39 Å². The molecule has 0 saturated carbocycles. The third-order valence-corrected chi connectivity index (χ3v) is 5.20. The Morgan fingerprint density at radius 2 is 2.20 bits per heavy atom. The van der Waals surface area contributed by atoms with Gasteiger partial charge in [-0.15, -0.1) is 11.3 Å². The number of nitrogen functional groups attached to an aromatic ring is 1. The van der Waals surface area contributed by atoms with Crippen molar-refractivity contribution in [3.05, 3.63) is 28.9 Å². The molecule has 20 heavy (non-hydrogen) atoms. The molecule has 3 nitrogen and oxygen atoms in total. The molecule has 0 unspecified atom stereocenters. The van der Waals surface area contributed by atoms with Crippen LogP contribution in [0.4, 0.5) is 10.1 Å². The fourth-order valence-corrected chi connectivity index (χ4v) is 3.98. The van der Waals surface area contributed by atoms with E-state index in [1.165, 1.54) is 17.4 Å². The Hall–Kier alpha value is -1.62. The third-order valence-electron chi connectivity index (χ3n) is 4.04. The van der Waals surface area contributed by atoms with Gasteiger partial charge in [-0.3, -0.25) is 4.79 Å². The van der Waals surface area contributed by atoms with Gasteiger partial charge in [-0.05, 0) is 38.8 Å². The lowest BCUT2D eigenvalue weighted by Crippen LogP contribution is -2.42. The molecule has 2 aromatic rings. The maximum absolute atomic E-state index is 13.9. The number of halogens is 1. The second-order valence-corrected chi connectivity index (χ2v) is 6.88. The molecular formula is C15H17FN2OS. The normalized spacial score (nSPS) is 17.9. The van der Waals surface area contributed by atoms with Gasteiger partial charge < -0.3 is 10.6 Å². The first-order chi connectivity index (χ1) is 9.42. The summed E-state index contributed by atoms with van der Waals surface area (Å²) in [6.45, 7) is 4.85. The van der Waals surface area contributed by atoms with Crippen LogP contribution in [0.3, 0.4) is 0 Å². The fourth-order valence-electron chi connectivity index (χ4n) is 2.89. The van der Waals surface area contributed by atoms with E-state index in [1.54, 1.807) is 12.1 Å². The summed E-state index contributed by atoms with van der Waals surface area (Å²) in [5.41, 5.74) is 6.14. The molecule has 1 aliphatic rings. The van der Waals surface area contributed by atoms with Crippen LogP contribution in [-0.2, 0) is 0 Å². The van der Waals surface area contributed by atoms with Crippen LogP contribution in [-0.4, -0.2) is 22.9 Å². The first-order valence-electron chi connectivity index (χ1n) is 6.70. The maximum Gasteiger partial charge on any atom is 0.266 e. The number of thiophene rings is 1. The predicted octanol–water partition coefficient (Wildman–Crippen LogP) is 3.64. The van der Waals surface area contributed by atoms with Crippen molar-refractivity contribution in [2.45, 2.75) is 32.2 Å². The van der Waals surface area contributed by atoms with Crippen LogP contribution in [0.5, 0.6) is 0 Å². The molecule has 106 valence electrons. The number of anilines is 1. The summed E-state index contributed by atoms with van der Waals surface area (Å²) in [5, 5.41) is 0.373. The number of amides is 1. The first-order valence-corrected chi connectivity index (χ1v) is 7.52. The van der Waals surface area contributed by atoms with E-state index in [9.17, 15) is 9.18 Å². The molecule has 3 rings (SSSR count). The Morgan fingerprint density at radius 1 is 1.45 bits per heavy atom. The first kappa shape index (κ1) is 13.4. The van der Waals surface area contributed by atoms with E-state index in [-0.39, 0.29) is 23.0 Å². The SMILES string of the molecule is CC1(C)CCCN1C(=O)c1sc2cccc(F)c2c1N. The molecule has 1 aliphatic heterocycles. The van der Waals surface area contributed by atoms with Crippen LogP contribution in [0.1, 0.15) is 36.4 Å². The largest absolute Gasteiger partial charge is 0.397 e. The van der Waals surface area contributed by atoms with Crippen LogP contribution < -0.4 is 5.73 Å². The molecule has 1 aromatic carbocycles. The van der Waals surface area contributed by atoms with Crippen LogP contribution in [0, 0.1) is 5.82 Å². The van der Waals surface area contributed by atoms with Crippen LogP contribution in [0.25, 0.3) is 10.1 Å². The lowest BCUT2D eigenvalue weighted by Gasteiger charge is -2.31. The number of carbonyl (C=O) groups is 1. The molecule has 1 saturated heterocycles. The molecule has 0 atom stereocenters. The minimum absolute atomic E-state index is 0.0781. The van der Waals surface area contributed by atoms with Crippen molar-refractivity contribution in [2.24, 2.45) is 0 Å². The van der Waals surface area contributed by atoms with Crippen molar-refractivity contribution >= 4 is 33.0 Å². The van der Waals surface area contributed by atoms with Gasteiger partial charge in [0.1, 0.15) is 10.7 Å². The molecule has 1 aromatic heterocycles. The molecule has 2 heterocycles. The minimum atomic E-state index is -0.365. The number of hydrogen-bond donors (Lipinski definition) is 1. The zero-order valence-electron chi connectivity index (χ0n) is 11.6. The zero-order valence-corrected chi connectivity index (χ0v) is 12.4. The Bertz CT molecular complexity index is 692. The quantitative estimate of drug-likeness (QED) is 0.872. The second kappa shape index (κ2) is 4.45. The molecule has 2 N–H and O–H groups in total. The second-order valence-electron chi connectivity index (χ2n) is 5.83. The number of hydrogen-bond acceptors (Lipinski definition) is 3. The van der Waals surface area contributed by atoms with Gasteiger partial charge in [0.05, 0.1) is 11.1 Å². The molecule has 5 heteroatoms. The van der Waals surface area contributed by atoms with E-state index in [1.807, 2.05) is 4.90 Å². The molecular weight excluding hydrogens is 275 g/mol. The smallest absolute Gasteiger partial charge is 0.266 e. The number of fused-ring (bicyclic) bond motifs is 1. The Labute approximate surface area is 121 Å². The van der Waals surface area contributed by atoms with Gasteiger partial charge in [0.2, 0.25) is 0 Å². The molecule has 0 bridgehead atoms. The van der Waals surface area contributed by atoms with Crippen LogP contribution >= 0.6 is 11.3 Å². The summed E-state index contributed by atoms with van der Waals surface area (Å²) in [7, 11) is 0. The topological polar surface area (TPSA) is 46.3 Å². The summed E-state index contributed by atoms with van der Waals surface area (Å²) in [6, 6.07) is 4.81. The van der Waals surface area contributed by atoms with E-state index in [2.05, 4.69) is 13.8 Å². The van der Waals surface area contributed by atoms with E-state index >= 15 is 0 Å². The standard InChI is InChI=1S/C15H17FN2OS/c1-15(2)7-4-8-18(15)14(19)13-12(17)11-9(16)5-3-6-10(11)20-13/h3,5-6H,4,7-8,17H2,1-2H3. The van der Waals surface area contributed by atoms with Crippen molar-refractivity contribution in [3.8, 4) is 0 Å². The highest BCUT2D eigenvalue weighted by atomic mass is 32.1. The molecule has 1 amide bonds. The maximum atomic E-state index is 13.9. The van der Waals surface area contributed by atoms with Gasteiger partial charge in [0.25, 0.3) is 5.91 Å². The average molecular weight is 292 g/mol. The number of nitrogens with zero attached hydrogens (tertiary/aromatic N) is 1. The van der Waals surface area contributed by atoms with Crippen LogP contribution in [0.15, 0.2) is 18.2 Å². The Kier molecular flexibility index (Phi) is 2.97. The molecule has 0 radical (unpaired) electrons. The monoisotopic (exact) mass is 292 g/mol. The van der Waals surface area contributed by atoms with E-state index in [0.717, 1.165) is 24.1 Å². The molecule has 0 aliphatic carbocycles. The highest BCUT2D eigenvalue weighted by molar-refractivity contribution is 7.21. The minimum Gasteiger partial charge on any atom is -0.397 e. The van der Waals surface area contributed by atoms with Crippen molar-refractivity contribution < 1.29 is 9.18 Å². The van der Waals surface area contributed by atoms with Gasteiger partial charge in [-0.2, -0.15) is 0 Å². The van der Waals surface area contributed by atoms with Crippen molar-refractivity contribution in [3.63, 3.8) is 0 Å². The highest BCUT2D eigenvalue weighted by Gasteiger charge is 2.37. The fraction of sp³-hybridized carbons (Fsp3) is 0.400. The lowest BCUT2D eigenvalue weighted by molar-refractivity contribution is 0.0658. The van der Waals surface area contributed by atoms with E-state index in [4.69, 9.17) is 5.73 Å². The number of rotatable bonds is 1. The summed E-state index contributed by atoms with van der Waals surface area (Å²) >= 11 is 1.28. The average Bonchev–Trinajstić information content (AvgIpc) is 2.90. The van der Waals surface area contributed by atoms with Gasteiger partial charge in [0, 0.05) is 16.8 Å².